The van der Waals surface area contributed by atoms with E-state index in [1.165, 1.54) is 31.2 Å². The lowest BCUT2D eigenvalue weighted by atomic mass is 9.98. The van der Waals surface area contributed by atoms with E-state index < -0.39 is 0 Å². The number of hydrogen-bond acceptors (Lipinski definition) is 1. The molecule has 2 heteroatoms. The Labute approximate surface area is 120 Å². The van der Waals surface area contributed by atoms with Gasteiger partial charge in [0.05, 0.1) is 0 Å². The Morgan fingerprint density at radius 2 is 1.83 bits per heavy atom. The van der Waals surface area contributed by atoms with Gasteiger partial charge in [-0.25, -0.2) is 0 Å². The number of hydrogen-bond donors (Lipinski definition) is 1. The van der Waals surface area contributed by atoms with E-state index in [-0.39, 0.29) is 0 Å². The third-order valence-electron chi connectivity index (χ3n) is 3.63. The SMILES string of the molecule is CCCCC(CC)CNC(C)c1ccc(Br)cc1. The first-order valence-electron chi connectivity index (χ1n) is 7.16. The van der Waals surface area contributed by atoms with Gasteiger partial charge in [-0.05, 0) is 43.5 Å². The molecule has 1 nitrogen and oxygen atoms in total. The molecule has 1 aromatic carbocycles. The van der Waals surface area contributed by atoms with E-state index in [1.54, 1.807) is 0 Å². The minimum atomic E-state index is 0.439. The average Bonchev–Trinajstić information content (AvgIpc) is 2.39. The topological polar surface area (TPSA) is 12.0 Å². The zero-order chi connectivity index (χ0) is 13.4. The first-order chi connectivity index (χ1) is 8.67. The van der Waals surface area contributed by atoms with Gasteiger partial charge in [-0.1, -0.05) is 61.2 Å². The van der Waals surface area contributed by atoms with Crippen molar-refractivity contribution in [1.82, 2.24) is 5.32 Å². The van der Waals surface area contributed by atoms with Crippen molar-refractivity contribution in [3.05, 3.63) is 34.3 Å². The summed E-state index contributed by atoms with van der Waals surface area (Å²) in [5.74, 6) is 0.822. The van der Waals surface area contributed by atoms with Crippen LogP contribution in [0.2, 0.25) is 0 Å². The molecule has 18 heavy (non-hydrogen) atoms. The van der Waals surface area contributed by atoms with Crippen molar-refractivity contribution in [2.24, 2.45) is 5.92 Å². The van der Waals surface area contributed by atoms with Crippen LogP contribution in [0, 0.1) is 5.92 Å². The fourth-order valence-corrected chi connectivity index (χ4v) is 2.42. The van der Waals surface area contributed by atoms with Crippen LogP contribution in [0.1, 0.15) is 58.1 Å². The van der Waals surface area contributed by atoms with E-state index in [4.69, 9.17) is 0 Å². The molecule has 0 bridgehead atoms. The first-order valence-corrected chi connectivity index (χ1v) is 7.95. The Balaban J connectivity index is 2.39. The molecule has 0 radical (unpaired) electrons. The quantitative estimate of drug-likeness (QED) is 0.685. The molecule has 102 valence electrons. The zero-order valence-corrected chi connectivity index (χ0v) is 13.5. The van der Waals surface area contributed by atoms with E-state index in [0.29, 0.717) is 6.04 Å². The van der Waals surface area contributed by atoms with Gasteiger partial charge in [0.25, 0.3) is 0 Å². The van der Waals surface area contributed by atoms with Gasteiger partial charge in [-0.15, -0.1) is 0 Å². The maximum Gasteiger partial charge on any atom is 0.0291 e. The Kier molecular flexibility index (Phi) is 7.60. The van der Waals surface area contributed by atoms with E-state index >= 15 is 0 Å². The van der Waals surface area contributed by atoms with Gasteiger partial charge >= 0.3 is 0 Å². The van der Waals surface area contributed by atoms with Gasteiger partial charge in [-0.3, -0.25) is 0 Å². The lowest BCUT2D eigenvalue weighted by molar-refractivity contribution is 0.398. The molecule has 1 rings (SSSR count). The van der Waals surface area contributed by atoms with Crippen LogP contribution in [-0.2, 0) is 0 Å². The van der Waals surface area contributed by atoms with E-state index in [2.05, 4.69) is 66.3 Å². The van der Waals surface area contributed by atoms with Crippen LogP contribution < -0.4 is 5.32 Å². The van der Waals surface area contributed by atoms with Crippen molar-refractivity contribution in [3.63, 3.8) is 0 Å². The Morgan fingerprint density at radius 1 is 1.17 bits per heavy atom. The molecule has 1 N–H and O–H groups in total. The molecule has 1 aromatic rings. The molecule has 2 atom stereocenters. The summed E-state index contributed by atoms with van der Waals surface area (Å²) in [5, 5.41) is 3.66. The molecule has 0 amide bonds. The van der Waals surface area contributed by atoms with E-state index in [0.717, 1.165) is 16.9 Å². The summed E-state index contributed by atoms with van der Waals surface area (Å²) < 4.78 is 1.15. The molecule has 0 saturated heterocycles. The summed E-state index contributed by atoms with van der Waals surface area (Å²) in [6.07, 6.45) is 5.29. The average molecular weight is 312 g/mol. The third-order valence-corrected chi connectivity index (χ3v) is 4.15. The van der Waals surface area contributed by atoms with Crippen molar-refractivity contribution >= 4 is 15.9 Å². The van der Waals surface area contributed by atoms with Crippen LogP contribution in [0.4, 0.5) is 0 Å². The van der Waals surface area contributed by atoms with Crippen molar-refractivity contribution in [1.29, 1.82) is 0 Å². The number of halogens is 1. The summed E-state index contributed by atoms with van der Waals surface area (Å²) in [4.78, 5) is 0. The van der Waals surface area contributed by atoms with Gasteiger partial charge in [0, 0.05) is 10.5 Å². The van der Waals surface area contributed by atoms with Gasteiger partial charge in [0.15, 0.2) is 0 Å². The monoisotopic (exact) mass is 311 g/mol. The molecule has 0 fully saturated rings. The lowest BCUT2D eigenvalue weighted by Gasteiger charge is -2.20. The standard InChI is InChI=1S/C16H26BrN/c1-4-6-7-14(5-2)12-18-13(3)15-8-10-16(17)11-9-15/h8-11,13-14,18H,4-7,12H2,1-3H3. The van der Waals surface area contributed by atoms with Crippen LogP contribution in [0.25, 0.3) is 0 Å². The van der Waals surface area contributed by atoms with Crippen LogP contribution in [0.15, 0.2) is 28.7 Å². The third kappa shape index (κ3) is 5.53. The van der Waals surface area contributed by atoms with Crippen molar-refractivity contribution < 1.29 is 0 Å². The molecule has 0 spiro atoms. The van der Waals surface area contributed by atoms with Crippen LogP contribution in [-0.4, -0.2) is 6.54 Å². The Hall–Kier alpha value is -0.340. The second-order valence-corrected chi connectivity index (χ2v) is 6.01. The minimum absolute atomic E-state index is 0.439. The van der Waals surface area contributed by atoms with Crippen LogP contribution in [0.5, 0.6) is 0 Å². The predicted molar refractivity (Wildman–Crippen MR) is 83.9 cm³/mol. The number of rotatable bonds is 8. The second-order valence-electron chi connectivity index (χ2n) is 5.10. The highest BCUT2D eigenvalue weighted by atomic mass is 79.9. The lowest BCUT2D eigenvalue weighted by Crippen LogP contribution is -2.25. The molecule has 0 aliphatic rings. The molecule has 0 aliphatic heterocycles. The van der Waals surface area contributed by atoms with Gasteiger partial charge in [0.2, 0.25) is 0 Å². The Morgan fingerprint density at radius 3 is 2.39 bits per heavy atom. The van der Waals surface area contributed by atoms with Gasteiger partial charge in [-0.2, -0.15) is 0 Å². The minimum Gasteiger partial charge on any atom is -0.310 e. The number of benzene rings is 1. The molecular formula is C16H26BrN. The summed E-state index contributed by atoms with van der Waals surface area (Å²) in [6, 6.07) is 9.04. The number of unbranched alkanes of at least 4 members (excludes halogenated alkanes) is 1. The normalized spacial score (nSPS) is 14.4. The molecule has 0 saturated carbocycles. The maximum absolute atomic E-state index is 3.66. The zero-order valence-electron chi connectivity index (χ0n) is 11.9. The van der Waals surface area contributed by atoms with Crippen molar-refractivity contribution in [2.45, 2.75) is 52.5 Å². The van der Waals surface area contributed by atoms with Crippen LogP contribution >= 0.6 is 15.9 Å². The van der Waals surface area contributed by atoms with Crippen molar-refractivity contribution in [2.75, 3.05) is 6.54 Å². The predicted octanol–water partition coefficient (Wildman–Crippen LogP) is 5.32. The Bertz CT molecular complexity index is 320. The molecule has 0 aromatic heterocycles. The smallest absolute Gasteiger partial charge is 0.0291 e. The molecular weight excluding hydrogens is 286 g/mol. The summed E-state index contributed by atoms with van der Waals surface area (Å²) in [7, 11) is 0. The maximum atomic E-state index is 3.66. The largest absolute Gasteiger partial charge is 0.310 e. The van der Waals surface area contributed by atoms with Crippen LogP contribution in [0.3, 0.4) is 0 Å². The number of nitrogens with one attached hydrogen (secondary N) is 1. The first kappa shape index (κ1) is 15.7. The van der Waals surface area contributed by atoms with Gasteiger partial charge < -0.3 is 5.32 Å². The summed E-state index contributed by atoms with van der Waals surface area (Å²) in [5.41, 5.74) is 1.36. The molecule has 0 heterocycles. The highest BCUT2D eigenvalue weighted by molar-refractivity contribution is 9.10. The summed E-state index contributed by atoms with van der Waals surface area (Å²) in [6.45, 7) is 7.94. The molecule has 0 aliphatic carbocycles. The second kappa shape index (κ2) is 8.71. The summed E-state index contributed by atoms with van der Waals surface area (Å²) >= 11 is 3.48. The highest BCUT2D eigenvalue weighted by Crippen LogP contribution is 2.18. The van der Waals surface area contributed by atoms with E-state index in [1.807, 2.05) is 0 Å². The van der Waals surface area contributed by atoms with E-state index in [9.17, 15) is 0 Å². The molecule has 2 unspecified atom stereocenters. The fraction of sp³-hybridized carbons (Fsp3) is 0.625. The van der Waals surface area contributed by atoms with Crippen molar-refractivity contribution in [3.8, 4) is 0 Å². The highest BCUT2D eigenvalue weighted by Gasteiger charge is 2.09. The van der Waals surface area contributed by atoms with Gasteiger partial charge in [0.1, 0.15) is 0 Å². The fourth-order valence-electron chi connectivity index (χ4n) is 2.16.